The molecular formula is C21H22O2S. The van der Waals surface area contributed by atoms with Gasteiger partial charge in [0.1, 0.15) is 0 Å². The summed E-state index contributed by atoms with van der Waals surface area (Å²) in [5.41, 5.74) is 5.30. The van der Waals surface area contributed by atoms with Gasteiger partial charge in [-0.05, 0) is 71.0 Å². The van der Waals surface area contributed by atoms with Gasteiger partial charge in [-0.1, -0.05) is 38.1 Å². The second-order valence-electron chi connectivity index (χ2n) is 6.78. The number of benzene rings is 2. The van der Waals surface area contributed by atoms with Crippen molar-refractivity contribution in [2.75, 3.05) is 5.75 Å². The zero-order valence-electron chi connectivity index (χ0n) is 14.3. The van der Waals surface area contributed by atoms with Crippen LogP contribution in [-0.4, -0.2) is 16.8 Å². The molecule has 1 aliphatic rings. The maximum Gasteiger partial charge on any atom is 0.335 e. The Bertz CT molecular complexity index is 801. The van der Waals surface area contributed by atoms with Crippen molar-refractivity contribution in [3.8, 4) is 0 Å². The fraction of sp³-hybridized carbons (Fsp3) is 0.286. The average molecular weight is 338 g/mol. The van der Waals surface area contributed by atoms with E-state index in [1.165, 1.54) is 28.2 Å². The first-order valence-electron chi connectivity index (χ1n) is 8.20. The van der Waals surface area contributed by atoms with Gasteiger partial charge < -0.3 is 5.11 Å². The smallest absolute Gasteiger partial charge is 0.335 e. The standard InChI is InChI=1S/C21H22O2S/c1-4-17(14-5-7-15(8-6-14)20(22)23)16-9-10-19-18(13-16)21(2,3)11-12-24-19/h4-10,13H,11-12H2,1-3H3,(H,22,23)/b17-4+. The molecular weight excluding hydrogens is 316 g/mol. The number of rotatable bonds is 3. The molecule has 2 aromatic rings. The van der Waals surface area contributed by atoms with Crippen molar-refractivity contribution in [3.05, 3.63) is 70.8 Å². The van der Waals surface area contributed by atoms with Crippen LogP contribution in [0.2, 0.25) is 0 Å². The summed E-state index contributed by atoms with van der Waals surface area (Å²) < 4.78 is 0. The van der Waals surface area contributed by atoms with Gasteiger partial charge in [0, 0.05) is 4.90 Å². The number of carbonyl (C=O) groups is 1. The van der Waals surface area contributed by atoms with E-state index in [4.69, 9.17) is 5.11 Å². The van der Waals surface area contributed by atoms with Crippen molar-refractivity contribution in [1.29, 1.82) is 0 Å². The van der Waals surface area contributed by atoms with Crippen LogP contribution < -0.4 is 0 Å². The summed E-state index contributed by atoms with van der Waals surface area (Å²) in [5.74, 6) is 0.281. The maximum absolute atomic E-state index is 11.0. The van der Waals surface area contributed by atoms with Crippen LogP contribution in [0.5, 0.6) is 0 Å². The second-order valence-corrected chi connectivity index (χ2v) is 7.91. The summed E-state index contributed by atoms with van der Waals surface area (Å²) in [6, 6.07) is 13.8. The van der Waals surface area contributed by atoms with Gasteiger partial charge in [-0.25, -0.2) is 4.79 Å². The van der Waals surface area contributed by atoms with Crippen molar-refractivity contribution in [3.63, 3.8) is 0 Å². The van der Waals surface area contributed by atoms with Crippen molar-refractivity contribution in [2.24, 2.45) is 0 Å². The Morgan fingerprint density at radius 1 is 1.08 bits per heavy atom. The van der Waals surface area contributed by atoms with Crippen LogP contribution in [-0.2, 0) is 5.41 Å². The summed E-state index contributed by atoms with van der Waals surface area (Å²) in [5, 5.41) is 9.06. The number of hydrogen-bond donors (Lipinski definition) is 1. The largest absolute Gasteiger partial charge is 0.478 e. The van der Waals surface area contributed by atoms with Gasteiger partial charge in [-0.3, -0.25) is 0 Å². The van der Waals surface area contributed by atoms with E-state index >= 15 is 0 Å². The quantitative estimate of drug-likeness (QED) is 0.790. The molecule has 1 heterocycles. The first-order chi connectivity index (χ1) is 11.4. The Morgan fingerprint density at radius 2 is 1.71 bits per heavy atom. The molecule has 2 aromatic carbocycles. The molecule has 24 heavy (non-hydrogen) atoms. The van der Waals surface area contributed by atoms with Crippen molar-refractivity contribution in [2.45, 2.75) is 37.5 Å². The summed E-state index contributed by atoms with van der Waals surface area (Å²) in [6.07, 6.45) is 3.28. The number of carboxylic acid groups (broad SMARTS) is 1. The molecule has 0 fully saturated rings. The summed E-state index contributed by atoms with van der Waals surface area (Å²) >= 11 is 1.94. The van der Waals surface area contributed by atoms with Crippen LogP contribution in [0.1, 0.15) is 54.2 Å². The lowest BCUT2D eigenvalue weighted by atomic mass is 9.80. The van der Waals surface area contributed by atoms with Gasteiger partial charge >= 0.3 is 5.97 Å². The van der Waals surface area contributed by atoms with Crippen molar-refractivity contribution in [1.82, 2.24) is 0 Å². The number of allylic oxidation sites excluding steroid dienone is 1. The van der Waals surface area contributed by atoms with Crippen LogP contribution in [0.4, 0.5) is 0 Å². The SMILES string of the molecule is C/C=C(\c1ccc(C(=O)O)cc1)c1ccc2c(c1)C(C)(C)CCS2. The van der Waals surface area contributed by atoms with Gasteiger partial charge in [0.2, 0.25) is 0 Å². The molecule has 1 aliphatic heterocycles. The molecule has 1 N–H and O–H groups in total. The second kappa shape index (κ2) is 6.48. The van der Waals surface area contributed by atoms with Crippen LogP contribution in [0.25, 0.3) is 5.57 Å². The van der Waals surface area contributed by atoms with E-state index in [1.807, 2.05) is 30.8 Å². The van der Waals surface area contributed by atoms with E-state index in [1.54, 1.807) is 12.1 Å². The summed E-state index contributed by atoms with van der Waals surface area (Å²) in [4.78, 5) is 12.4. The molecule has 3 rings (SSSR count). The predicted molar refractivity (Wildman–Crippen MR) is 101 cm³/mol. The minimum Gasteiger partial charge on any atom is -0.478 e. The van der Waals surface area contributed by atoms with Gasteiger partial charge in [-0.2, -0.15) is 0 Å². The minimum absolute atomic E-state index is 0.197. The molecule has 0 amide bonds. The normalized spacial score (nSPS) is 16.5. The van der Waals surface area contributed by atoms with E-state index in [-0.39, 0.29) is 5.41 Å². The number of thioether (sulfide) groups is 1. The lowest BCUT2D eigenvalue weighted by molar-refractivity contribution is 0.0697. The molecule has 0 spiro atoms. The average Bonchev–Trinajstić information content (AvgIpc) is 2.56. The maximum atomic E-state index is 11.0. The molecule has 0 aromatic heterocycles. The predicted octanol–water partition coefficient (Wildman–Crippen LogP) is 5.61. The molecule has 124 valence electrons. The highest BCUT2D eigenvalue weighted by Crippen LogP contribution is 2.42. The number of carboxylic acids is 1. The van der Waals surface area contributed by atoms with E-state index < -0.39 is 5.97 Å². The van der Waals surface area contributed by atoms with Crippen LogP contribution in [0.3, 0.4) is 0 Å². The summed E-state index contributed by atoms with van der Waals surface area (Å²) in [7, 11) is 0. The third-order valence-corrected chi connectivity index (χ3v) is 5.81. The number of fused-ring (bicyclic) bond motifs is 1. The fourth-order valence-electron chi connectivity index (χ4n) is 3.20. The molecule has 0 atom stereocenters. The third kappa shape index (κ3) is 3.13. The Labute approximate surface area is 147 Å². The highest BCUT2D eigenvalue weighted by molar-refractivity contribution is 7.99. The van der Waals surface area contributed by atoms with E-state index in [0.717, 1.165) is 11.1 Å². The molecule has 0 saturated carbocycles. The lowest BCUT2D eigenvalue weighted by Crippen LogP contribution is -2.22. The Hall–Kier alpha value is -2.00. The van der Waals surface area contributed by atoms with E-state index in [9.17, 15) is 4.79 Å². The molecule has 3 heteroatoms. The lowest BCUT2D eigenvalue weighted by Gasteiger charge is -2.32. The molecule has 0 aliphatic carbocycles. The first-order valence-corrected chi connectivity index (χ1v) is 9.19. The molecule has 0 radical (unpaired) electrons. The van der Waals surface area contributed by atoms with Crippen LogP contribution in [0.15, 0.2) is 53.4 Å². The fourth-order valence-corrected chi connectivity index (χ4v) is 4.68. The van der Waals surface area contributed by atoms with Crippen molar-refractivity contribution < 1.29 is 9.90 Å². The zero-order valence-corrected chi connectivity index (χ0v) is 15.1. The molecule has 0 saturated heterocycles. The summed E-state index contributed by atoms with van der Waals surface area (Å²) in [6.45, 7) is 6.65. The Balaban J connectivity index is 2.02. The van der Waals surface area contributed by atoms with Gasteiger partial charge in [0.05, 0.1) is 5.56 Å². The van der Waals surface area contributed by atoms with Crippen molar-refractivity contribution >= 4 is 23.3 Å². The highest BCUT2D eigenvalue weighted by Gasteiger charge is 2.28. The third-order valence-electron chi connectivity index (χ3n) is 4.74. The zero-order chi connectivity index (χ0) is 17.3. The minimum atomic E-state index is -0.892. The van der Waals surface area contributed by atoms with Gasteiger partial charge in [-0.15, -0.1) is 11.8 Å². The van der Waals surface area contributed by atoms with Crippen LogP contribution >= 0.6 is 11.8 Å². The first kappa shape index (κ1) is 16.8. The highest BCUT2D eigenvalue weighted by atomic mass is 32.2. The van der Waals surface area contributed by atoms with Gasteiger partial charge in [0.25, 0.3) is 0 Å². The topological polar surface area (TPSA) is 37.3 Å². The Kier molecular flexibility index (Phi) is 4.55. The van der Waals surface area contributed by atoms with E-state index in [0.29, 0.717) is 5.56 Å². The monoisotopic (exact) mass is 338 g/mol. The van der Waals surface area contributed by atoms with E-state index in [2.05, 4.69) is 38.1 Å². The number of hydrogen-bond acceptors (Lipinski definition) is 2. The number of aromatic carboxylic acids is 1. The molecule has 0 unspecified atom stereocenters. The molecule has 2 nitrogen and oxygen atoms in total. The Morgan fingerprint density at radius 3 is 2.33 bits per heavy atom. The molecule has 0 bridgehead atoms. The van der Waals surface area contributed by atoms with Crippen LogP contribution in [0, 0.1) is 0 Å². The van der Waals surface area contributed by atoms with Gasteiger partial charge in [0.15, 0.2) is 0 Å².